The van der Waals surface area contributed by atoms with E-state index in [4.69, 9.17) is 4.74 Å². The van der Waals surface area contributed by atoms with E-state index < -0.39 is 5.60 Å². The van der Waals surface area contributed by atoms with Crippen LogP contribution in [0, 0.1) is 0 Å². The van der Waals surface area contributed by atoms with Crippen molar-refractivity contribution in [1.82, 2.24) is 0 Å². The summed E-state index contributed by atoms with van der Waals surface area (Å²) in [6.07, 6.45) is 0. The molecule has 1 N–H and O–H groups in total. The number of epoxide rings is 1. The lowest BCUT2D eigenvalue weighted by Crippen LogP contribution is -2.21. The average Bonchev–Trinajstić information content (AvgIpc) is 2.84. The van der Waals surface area contributed by atoms with Crippen LogP contribution in [-0.2, 0) is 15.9 Å². The van der Waals surface area contributed by atoms with E-state index >= 15 is 0 Å². The zero-order valence-corrected chi connectivity index (χ0v) is 8.87. The van der Waals surface area contributed by atoms with Gasteiger partial charge < -0.3 is 9.84 Å². The lowest BCUT2D eigenvalue weighted by molar-refractivity contribution is 0.0760. The van der Waals surface area contributed by atoms with E-state index in [9.17, 15) is 5.11 Å². The SMILES string of the molecule is CC(C)(O)c1ccccc1C1(C)CO1. The fourth-order valence-electron chi connectivity index (χ4n) is 1.74. The molecule has 1 heterocycles. The van der Waals surface area contributed by atoms with E-state index in [1.807, 2.05) is 24.3 Å². The summed E-state index contributed by atoms with van der Waals surface area (Å²) in [6.45, 7) is 6.41. The fraction of sp³-hybridized carbons (Fsp3) is 0.500. The maximum absolute atomic E-state index is 10.0. The highest BCUT2D eigenvalue weighted by Crippen LogP contribution is 2.42. The van der Waals surface area contributed by atoms with Crippen LogP contribution in [0.15, 0.2) is 24.3 Å². The Labute approximate surface area is 84.5 Å². The summed E-state index contributed by atoms with van der Waals surface area (Å²) in [5.41, 5.74) is 1.09. The second-order valence-corrected chi connectivity index (χ2v) is 4.62. The van der Waals surface area contributed by atoms with E-state index in [2.05, 4.69) is 6.92 Å². The van der Waals surface area contributed by atoms with Crippen LogP contribution < -0.4 is 0 Å². The molecule has 1 aliphatic heterocycles. The van der Waals surface area contributed by atoms with Gasteiger partial charge >= 0.3 is 0 Å². The van der Waals surface area contributed by atoms with Crippen LogP contribution in [-0.4, -0.2) is 11.7 Å². The number of aliphatic hydroxyl groups is 1. The van der Waals surface area contributed by atoms with E-state index in [-0.39, 0.29) is 5.60 Å². The molecule has 0 amide bonds. The van der Waals surface area contributed by atoms with Crippen LogP contribution in [0.3, 0.4) is 0 Å². The largest absolute Gasteiger partial charge is 0.386 e. The van der Waals surface area contributed by atoms with Gasteiger partial charge in [-0.2, -0.15) is 0 Å². The van der Waals surface area contributed by atoms with Crippen molar-refractivity contribution in [2.75, 3.05) is 6.61 Å². The maximum Gasteiger partial charge on any atom is 0.114 e. The molecule has 0 aromatic heterocycles. The van der Waals surface area contributed by atoms with Gasteiger partial charge in [-0.25, -0.2) is 0 Å². The minimum atomic E-state index is -0.800. The van der Waals surface area contributed by atoms with Crippen molar-refractivity contribution in [2.45, 2.75) is 32.0 Å². The van der Waals surface area contributed by atoms with E-state index in [1.54, 1.807) is 13.8 Å². The van der Waals surface area contributed by atoms with Crippen molar-refractivity contribution in [3.05, 3.63) is 35.4 Å². The Morgan fingerprint density at radius 3 is 2.43 bits per heavy atom. The van der Waals surface area contributed by atoms with Crippen molar-refractivity contribution in [3.8, 4) is 0 Å². The molecule has 1 fully saturated rings. The van der Waals surface area contributed by atoms with Gasteiger partial charge in [0.2, 0.25) is 0 Å². The molecule has 14 heavy (non-hydrogen) atoms. The quantitative estimate of drug-likeness (QED) is 0.728. The number of ether oxygens (including phenoxy) is 1. The highest BCUT2D eigenvalue weighted by molar-refractivity contribution is 5.37. The Morgan fingerprint density at radius 2 is 1.93 bits per heavy atom. The minimum absolute atomic E-state index is 0.170. The monoisotopic (exact) mass is 192 g/mol. The van der Waals surface area contributed by atoms with Crippen molar-refractivity contribution in [3.63, 3.8) is 0 Å². The molecular weight excluding hydrogens is 176 g/mol. The maximum atomic E-state index is 10.0. The van der Waals surface area contributed by atoms with Crippen LogP contribution in [0.2, 0.25) is 0 Å². The topological polar surface area (TPSA) is 32.8 Å². The van der Waals surface area contributed by atoms with Crippen LogP contribution in [0.5, 0.6) is 0 Å². The molecule has 0 spiro atoms. The van der Waals surface area contributed by atoms with Crippen LogP contribution in [0.1, 0.15) is 31.9 Å². The molecule has 2 heteroatoms. The molecule has 2 nitrogen and oxygen atoms in total. The van der Waals surface area contributed by atoms with Gasteiger partial charge in [0, 0.05) is 0 Å². The van der Waals surface area contributed by atoms with Crippen LogP contribution >= 0.6 is 0 Å². The van der Waals surface area contributed by atoms with Gasteiger partial charge in [0.15, 0.2) is 0 Å². The van der Waals surface area contributed by atoms with E-state index in [0.29, 0.717) is 0 Å². The minimum Gasteiger partial charge on any atom is -0.386 e. The first-order valence-corrected chi connectivity index (χ1v) is 4.90. The molecule has 0 bridgehead atoms. The predicted octanol–water partition coefficient (Wildman–Crippen LogP) is 2.16. The van der Waals surface area contributed by atoms with Gasteiger partial charge in [0.05, 0.1) is 12.2 Å². The van der Waals surface area contributed by atoms with Gasteiger partial charge in [-0.15, -0.1) is 0 Å². The Bertz CT molecular complexity index is 321. The Kier molecular flexibility index (Phi) is 1.95. The number of benzene rings is 1. The second-order valence-electron chi connectivity index (χ2n) is 4.62. The smallest absolute Gasteiger partial charge is 0.114 e. The number of rotatable bonds is 2. The van der Waals surface area contributed by atoms with E-state index in [0.717, 1.165) is 17.7 Å². The van der Waals surface area contributed by atoms with Gasteiger partial charge in [0.1, 0.15) is 5.60 Å². The molecule has 2 rings (SSSR count). The van der Waals surface area contributed by atoms with Gasteiger partial charge in [0.25, 0.3) is 0 Å². The molecule has 1 aromatic carbocycles. The lowest BCUT2D eigenvalue weighted by Gasteiger charge is -2.23. The fourth-order valence-corrected chi connectivity index (χ4v) is 1.74. The van der Waals surface area contributed by atoms with Gasteiger partial charge in [-0.1, -0.05) is 24.3 Å². The summed E-state index contributed by atoms with van der Waals surface area (Å²) in [6, 6.07) is 7.92. The van der Waals surface area contributed by atoms with Crippen molar-refractivity contribution in [1.29, 1.82) is 0 Å². The van der Waals surface area contributed by atoms with Gasteiger partial charge in [-0.3, -0.25) is 0 Å². The Hall–Kier alpha value is -0.860. The summed E-state index contributed by atoms with van der Waals surface area (Å²) >= 11 is 0. The summed E-state index contributed by atoms with van der Waals surface area (Å²) in [5, 5.41) is 10.0. The number of hydrogen-bond acceptors (Lipinski definition) is 2. The highest BCUT2D eigenvalue weighted by atomic mass is 16.6. The Balaban J connectivity index is 2.50. The third-order valence-electron chi connectivity index (χ3n) is 2.73. The average molecular weight is 192 g/mol. The Morgan fingerprint density at radius 1 is 1.36 bits per heavy atom. The van der Waals surface area contributed by atoms with Crippen molar-refractivity contribution >= 4 is 0 Å². The van der Waals surface area contributed by atoms with Crippen molar-refractivity contribution < 1.29 is 9.84 Å². The summed E-state index contributed by atoms with van der Waals surface area (Å²) in [4.78, 5) is 0. The normalized spacial score (nSPS) is 26.3. The zero-order chi connectivity index (χ0) is 10.4. The zero-order valence-electron chi connectivity index (χ0n) is 8.87. The summed E-state index contributed by atoms with van der Waals surface area (Å²) in [7, 11) is 0. The van der Waals surface area contributed by atoms with Crippen LogP contribution in [0.25, 0.3) is 0 Å². The summed E-state index contributed by atoms with van der Waals surface area (Å²) < 4.78 is 5.41. The summed E-state index contributed by atoms with van der Waals surface area (Å²) in [5.74, 6) is 0. The lowest BCUT2D eigenvalue weighted by atomic mass is 9.87. The third kappa shape index (κ3) is 1.56. The first-order valence-electron chi connectivity index (χ1n) is 4.90. The molecule has 0 saturated carbocycles. The third-order valence-corrected chi connectivity index (χ3v) is 2.73. The molecule has 1 aliphatic rings. The van der Waals surface area contributed by atoms with E-state index in [1.165, 1.54) is 0 Å². The molecule has 76 valence electrons. The number of hydrogen-bond donors (Lipinski definition) is 1. The molecule has 1 saturated heterocycles. The molecule has 1 aromatic rings. The standard InChI is InChI=1S/C12H16O2/c1-11(2,13)9-6-4-5-7-10(9)12(3)8-14-12/h4-7,13H,8H2,1-3H3. The second kappa shape index (κ2) is 2.81. The molecule has 0 radical (unpaired) electrons. The van der Waals surface area contributed by atoms with Crippen molar-refractivity contribution in [2.24, 2.45) is 0 Å². The molecule has 0 aliphatic carbocycles. The predicted molar refractivity (Wildman–Crippen MR) is 55.0 cm³/mol. The first kappa shape index (κ1) is 9.69. The molecular formula is C12H16O2. The van der Waals surface area contributed by atoms with Crippen LogP contribution in [0.4, 0.5) is 0 Å². The first-order chi connectivity index (χ1) is 6.43. The van der Waals surface area contributed by atoms with Gasteiger partial charge in [-0.05, 0) is 31.9 Å². The molecule has 1 atom stereocenters. The molecule has 1 unspecified atom stereocenters. The highest BCUT2D eigenvalue weighted by Gasteiger charge is 2.44.